The monoisotopic (exact) mass is 273 g/mol. The molecule has 2 nitrogen and oxygen atoms in total. The van der Waals surface area contributed by atoms with Gasteiger partial charge in [0.05, 0.1) is 6.10 Å². The third kappa shape index (κ3) is 3.17. The van der Waals surface area contributed by atoms with E-state index in [4.69, 9.17) is 4.74 Å². The van der Waals surface area contributed by atoms with Gasteiger partial charge in [-0.3, -0.25) is 0 Å². The van der Waals surface area contributed by atoms with Crippen molar-refractivity contribution < 1.29 is 4.74 Å². The highest BCUT2D eigenvalue weighted by Gasteiger charge is 2.22. The SMILES string of the molecule is COC1CCC(c2cccc(N3CCCCC3)c2)CC1. The van der Waals surface area contributed by atoms with Crippen molar-refractivity contribution in [3.63, 3.8) is 0 Å². The van der Waals surface area contributed by atoms with Gasteiger partial charge in [-0.1, -0.05) is 12.1 Å². The predicted molar refractivity (Wildman–Crippen MR) is 84.5 cm³/mol. The van der Waals surface area contributed by atoms with Crippen LogP contribution in [0.3, 0.4) is 0 Å². The van der Waals surface area contributed by atoms with E-state index in [1.165, 1.54) is 63.7 Å². The molecule has 2 heteroatoms. The van der Waals surface area contributed by atoms with Gasteiger partial charge in [-0.25, -0.2) is 0 Å². The second-order valence-corrected chi connectivity index (χ2v) is 6.35. The van der Waals surface area contributed by atoms with Crippen LogP contribution in [0.1, 0.15) is 56.4 Å². The summed E-state index contributed by atoms with van der Waals surface area (Å²) in [4.78, 5) is 2.56. The molecular formula is C18H27NO. The maximum Gasteiger partial charge on any atom is 0.0571 e. The van der Waals surface area contributed by atoms with Crippen LogP contribution in [0, 0.1) is 0 Å². The van der Waals surface area contributed by atoms with Gasteiger partial charge in [-0.2, -0.15) is 0 Å². The van der Waals surface area contributed by atoms with Gasteiger partial charge in [-0.15, -0.1) is 0 Å². The summed E-state index contributed by atoms with van der Waals surface area (Å²) < 4.78 is 5.49. The standard InChI is InChI=1S/C18H27NO/c1-20-18-10-8-15(9-11-18)16-6-5-7-17(14-16)19-12-3-2-4-13-19/h5-7,14-15,18H,2-4,8-13H2,1H3. The highest BCUT2D eigenvalue weighted by molar-refractivity contribution is 5.49. The average Bonchev–Trinajstić information content (AvgIpc) is 2.56. The molecule has 0 amide bonds. The molecule has 1 aromatic rings. The van der Waals surface area contributed by atoms with E-state index in [0.717, 1.165) is 5.92 Å². The smallest absolute Gasteiger partial charge is 0.0571 e. The minimum Gasteiger partial charge on any atom is -0.381 e. The van der Waals surface area contributed by atoms with Gasteiger partial charge in [0.2, 0.25) is 0 Å². The first kappa shape index (κ1) is 13.9. The van der Waals surface area contributed by atoms with E-state index >= 15 is 0 Å². The number of anilines is 1. The van der Waals surface area contributed by atoms with Gasteiger partial charge in [0.25, 0.3) is 0 Å². The van der Waals surface area contributed by atoms with Gasteiger partial charge in [0, 0.05) is 25.9 Å². The van der Waals surface area contributed by atoms with E-state index in [-0.39, 0.29) is 0 Å². The summed E-state index contributed by atoms with van der Waals surface area (Å²) in [6.07, 6.45) is 9.59. The van der Waals surface area contributed by atoms with Crippen LogP contribution < -0.4 is 4.90 Å². The summed E-state index contributed by atoms with van der Waals surface area (Å²) in [5, 5.41) is 0. The van der Waals surface area contributed by atoms with Crippen molar-refractivity contribution in [2.24, 2.45) is 0 Å². The van der Waals surface area contributed by atoms with Crippen molar-refractivity contribution in [2.75, 3.05) is 25.1 Å². The number of ether oxygens (including phenoxy) is 1. The minimum absolute atomic E-state index is 0.497. The predicted octanol–water partition coefficient (Wildman–Crippen LogP) is 4.35. The average molecular weight is 273 g/mol. The molecule has 2 aliphatic rings. The second-order valence-electron chi connectivity index (χ2n) is 6.35. The van der Waals surface area contributed by atoms with Crippen LogP contribution in [0.25, 0.3) is 0 Å². The summed E-state index contributed by atoms with van der Waals surface area (Å²) in [6, 6.07) is 9.31. The molecule has 1 aliphatic carbocycles. The Bertz CT molecular complexity index is 417. The van der Waals surface area contributed by atoms with Crippen LogP contribution in [0.5, 0.6) is 0 Å². The first-order valence-corrected chi connectivity index (χ1v) is 8.24. The topological polar surface area (TPSA) is 12.5 Å². The largest absolute Gasteiger partial charge is 0.381 e. The van der Waals surface area contributed by atoms with E-state index in [9.17, 15) is 0 Å². The van der Waals surface area contributed by atoms with Crippen molar-refractivity contribution in [2.45, 2.75) is 57.0 Å². The summed E-state index contributed by atoms with van der Waals surface area (Å²) in [7, 11) is 1.85. The number of methoxy groups -OCH3 is 1. The van der Waals surface area contributed by atoms with Crippen LogP contribution in [-0.2, 0) is 4.74 Å². The lowest BCUT2D eigenvalue weighted by Crippen LogP contribution is -2.29. The molecule has 1 heterocycles. The molecule has 2 fully saturated rings. The first-order chi connectivity index (χ1) is 9.86. The summed E-state index contributed by atoms with van der Waals surface area (Å²) in [5.74, 6) is 0.742. The van der Waals surface area contributed by atoms with Crippen molar-refractivity contribution in [1.29, 1.82) is 0 Å². The van der Waals surface area contributed by atoms with E-state index in [1.54, 1.807) is 5.56 Å². The van der Waals surface area contributed by atoms with Crippen LogP contribution in [0.4, 0.5) is 5.69 Å². The number of rotatable bonds is 3. The molecule has 0 bridgehead atoms. The van der Waals surface area contributed by atoms with Crippen LogP contribution in [0.15, 0.2) is 24.3 Å². The maximum atomic E-state index is 5.49. The van der Waals surface area contributed by atoms with E-state index in [0.29, 0.717) is 6.10 Å². The fourth-order valence-corrected chi connectivity index (χ4v) is 3.76. The van der Waals surface area contributed by atoms with Gasteiger partial charge >= 0.3 is 0 Å². The Balaban J connectivity index is 1.68. The fraction of sp³-hybridized carbons (Fsp3) is 0.667. The lowest BCUT2D eigenvalue weighted by molar-refractivity contribution is 0.0659. The Morgan fingerprint density at radius 1 is 1.00 bits per heavy atom. The number of hydrogen-bond acceptors (Lipinski definition) is 2. The van der Waals surface area contributed by atoms with E-state index in [2.05, 4.69) is 29.2 Å². The quantitative estimate of drug-likeness (QED) is 0.812. The van der Waals surface area contributed by atoms with Crippen molar-refractivity contribution in [1.82, 2.24) is 0 Å². The zero-order chi connectivity index (χ0) is 13.8. The van der Waals surface area contributed by atoms with Crippen molar-refractivity contribution in [3.8, 4) is 0 Å². The molecule has 1 saturated heterocycles. The van der Waals surface area contributed by atoms with Crippen molar-refractivity contribution >= 4 is 5.69 Å². The molecule has 1 aromatic carbocycles. The van der Waals surface area contributed by atoms with Gasteiger partial charge in [-0.05, 0) is 68.6 Å². The lowest BCUT2D eigenvalue weighted by Gasteiger charge is -2.31. The lowest BCUT2D eigenvalue weighted by atomic mass is 9.82. The molecule has 20 heavy (non-hydrogen) atoms. The molecule has 1 aliphatic heterocycles. The Morgan fingerprint density at radius 2 is 1.75 bits per heavy atom. The molecular weight excluding hydrogens is 246 g/mol. The van der Waals surface area contributed by atoms with Crippen LogP contribution in [-0.4, -0.2) is 26.3 Å². The molecule has 0 radical (unpaired) electrons. The highest BCUT2D eigenvalue weighted by Crippen LogP contribution is 2.35. The number of benzene rings is 1. The van der Waals surface area contributed by atoms with E-state index in [1.807, 2.05) is 7.11 Å². The molecule has 3 rings (SSSR count). The molecule has 0 unspecified atom stereocenters. The third-order valence-electron chi connectivity index (χ3n) is 5.07. The van der Waals surface area contributed by atoms with Crippen LogP contribution >= 0.6 is 0 Å². The summed E-state index contributed by atoms with van der Waals surface area (Å²) in [6.45, 7) is 2.47. The second kappa shape index (κ2) is 6.62. The Morgan fingerprint density at radius 3 is 2.45 bits per heavy atom. The number of nitrogens with zero attached hydrogens (tertiary/aromatic N) is 1. The third-order valence-corrected chi connectivity index (χ3v) is 5.07. The molecule has 0 N–H and O–H groups in total. The Kier molecular flexibility index (Phi) is 4.62. The number of hydrogen-bond donors (Lipinski definition) is 0. The van der Waals surface area contributed by atoms with Crippen LogP contribution in [0.2, 0.25) is 0 Å². The minimum atomic E-state index is 0.497. The zero-order valence-corrected chi connectivity index (χ0v) is 12.7. The van der Waals surface area contributed by atoms with Gasteiger partial charge in [0.1, 0.15) is 0 Å². The number of piperidine rings is 1. The van der Waals surface area contributed by atoms with Gasteiger partial charge < -0.3 is 9.64 Å². The fourth-order valence-electron chi connectivity index (χ4n) is 3.76. The van der Waals surface area contributed by atoms with E-state index < -0.39 is 0 Å². The zero-order valence-electron chi connectivity index (χ0n) is 12.7. The van der Waals surface area contributed by atoms with Crippen molar-refractivity contribution in [3.05, 3.63) is 29.8 Å². The molecule has 0 spiro atoms. The Hall–Kier alpha value is -1.02. The normalized spacial score (nSPS) is 27.6. The van der Waals surface area contributed by atoms with Gasteiger partial charge in [0.15, 0.2) is 0 Å². The maximum absolute atomic E-state index is 5.49. The first-order valence-electron chi connectivity index (χ1n) is 8.24. The molecule has 110 valence electrons. The molecule has 0 atom stereocenters. The summed E-state index contributed by atoms with van der Waals surface area (Å²) >= 11 is 0. The highest BCUT2D eigenvalue weighted by atomic mass is 16.5. The Labute approximate surface area is 123 Å². The molecule has 0 aromatic heterocycles. The molecule has 1 saturated carbocycles. The summed E-state index contributed by atoms with van der Waals surface area (Å²) in [5.41, 5.74) is 2.98.